The minimum atomic E-state index is 0.0734. The summed E-state index contributed by atoms with van der Waals surface area (Å²) in [6.07, 6.45) is 1.50. The third kappa shape index (κ3) is 2.93. The highest BCUT2D eigenvalue weighted by atomic mass is 35.5. The molecule has 1 rings (SSSR count). The SMILES string of the molecule is ClC/C=N\c1cc(Cl)nc(Cl)n1. The lowest BCUT2D eigenvalue weighted by atomic mass is 10.6. The monoisotopic (exact) mass is 223 g/mol. The molecule has 6 heteroatoms. The van der Waals surface area contributed by atoms with Gasteiger partial charge >= 0.3 is 0 Å². The van der Waals surface area contributed by atoms with E-state index in [1.807, 2.05) is 0 Å². The lowest BCUT2D eigenvalue weighted by Crippen LogP contribution is -1.83. The van der Waals surface area contributed by atoms with E-state index < -0.39 is 0 Å². The molecule has 0 bridgehead atoms. The predicted molar refractivity (Wildman–Crippen MR) is 50.9 cm³/mol. The normalized spacial score (nSPS) is 10.9. The molecule has 0 atom stereocenters. The van der Waals surface area contributed by atoms with E-state index >= 15 is 0 Å². The topological polar surface area (TPSA) is 38.1 Å². The van der Waals surface area contributed by atoms with Crippen LogP contribution in [0.4, 0.5) is 5.82 Å². The fraction of sp³-hybridized carbons (Fsp3) is 0.167. The largest absolute Gasteiger partial charge is 0.240 e. The van der Waals surface area contributed by atoms with Crippen molar-refractivity contribution >= 4 is 46.8 Å². The van der Waals surface area contributed by atoms with Gasteiger partial charge in [-0.1, -0.05) is 11.6 Å². The highest BCUT2D eigenvalue weighted by molar-refractivity contribution is 6.32. The van der Waals surface area contributed by atoms with E-state index in [0.29, 0.717) is 11.7 Å². The lowest BCUT2D eigenvalue weighted by Gasteiger charge is -1.93. The van der Waals surface area contributed by atoms with E-state index in [0.717, 1.165) is 0 Å². The van der Waals surface area contributed by atoms with Gasteiger partial charge in [-0.3, -0.25) is 0 Å². The van der Waals surface area contributed by atoms with Crippen molar-refractivity contribution in [1.82, 2.24) is 9.97 Å². The van der Waals surface area contributed by atoms with E-state index in [2.05, 4.69) is 15.0 Å². The molecule has 0 aliphatic heterocycles. The first kappa shape index (κ1) is 9.71. The summed E-state index contributed by atoms with van der Waals surface area (Å²) in [5, 5.41) is 0.334. The second kappa shape index (κ2) is 4.60. The van der Waals surface area contributed by atoms with Crippen LogP contribution in [0.2, 0.25) is 10.4 Å². The van der Waals surface area contributed by atoms with Crippen LogP contribution in [0, 0.1) is 0 Å². The Hall–Kier alpha value is -0.380. The highest BCUT2D eigenvalue weighted by Gasteiger charge is 1.97. The van der Waals surface area contributed by atoms with Gasteiger partial charge in [-0.15, -0.1) is 11.6 Å². The standard InChI is InChI=1S/C6H4Cl3N3/c7-1-2-10-5-3-4(8)11-6(9)12-5/h2-3H,1H2/b10-2-. The van der Waals surface area contributed by atoms with Crippen LogP contribution in [0.5, 0.6) is 0 Å². The molecule has 1 aromatic rings. The summed E-state index contributed by atoms with van der Waals surface area (Å²) in [4.78, 5) is 11.3. The van der Waals surface area contributed by atoms with Gasteiger partial charge in [0.1, 0.15) is 5.15 Å². The Balaban J connectivity index is 2.93. The molecule has 64 valence electrons. The maximum Gasteiger partial charge on any atom is 0.225 e. The van der Waals surface area contributed by atoms with Crippen molar-refractivity contribution in [2.75, 3.05) is 5.88 Å². The van der Waals surface area contributed by atoms with Crippen molar-refractivity contribution in [3.8, 4) is 0 Å². The van der Waals surface area contributed by atoms with Gasteiger partial charge in [0.05, 0.1) is 5.88 Å². The molecule has 0 saturated carbocycles. The molecule has 0 spiro atoms. The molecule has 1 heterocycles. The second-order valence-corrected chi connectivity index (χ2v) is 2.82. The van der Waals surface area contributed by atoms with Crippen LogP contribution in [-0.4, -0.2) is 22.1 Å². The molecule has 0 saturated heterocycles. The fourth-order valence-corrected chi connectivity index (χ4v) is 1.04. The van der Waals surface area contributed by atoms with E-state index in [4.69, 9.17) is 34.8 Å². The number of halogens is 3. The Labute approximate surface area is 84.4 Å². The smallest absolute Gasteiger partial charge is 0.225 e. The van der Waals surface area contributed by atoms with E-state index in [1.165, 1.54) is 12.3 Å². The molecule has 0 aliphatic carbocycles. The Bertz CT molecular complexity index is 280. The zero-order valence-electron chi connectivity index (χ0n) is 5.84. The molecule has 0 fully saturated rings. The van der Waals surface area contributed by atoms with Gasteiger partial charge in [0, 0.05) is 12.3 Å². The molecule has 0 amide bonds. The minimum Gasteiger partial charge on any atom is -0.240 e. The van der Waals surface area contributed by atoms with Crippen LogP contribution in [0.25, 0.3) is 0 Å². The van der Waals surface area contributed by atoms with Crippen LogP contribution in [0.15, 0.2) is 11.1 Å². The Morgan fingerprint density at radius 2 is 2.17 bits per heavy atom. The summed E-state index contributed by atoms with van der Waals surface area (Å²) >= 11 is 16.5. The number of rotatable bonds is 2. The average molecular weight is 224 g/mol. The molecular formula is C6H4Cl3N3. The second-order valence-electron chi connectivity index (χ2n) is 1.78. The summed E-state index contributed by atoms with van der Waals surface area (Å²) in [6, 6.07) is 1.50. The van der Waals surface area contributed by atoms with Gasteiger partial charge in [0.15, 0.2) is 5.82 Å². The van der Waals surface area contributed by atoms with Crippen LogP contribution in [0.3, 0.4) is 0 Å². The predicted octanol–water partition coefficient (Wildman–Crippen LogP) is 2.72. The average Bonchev–Trinajstić information content (AvgIpc) is 1.99. The van der Waals surface area contributed by atoms with Crippen LogP contribution in [0.1, 0.15) is 0 Å². The van der Waals surface area contributed by atoms with Crippen molar-refractivity contribution in [3.63, 3.8) is 0 Å². The maximum absolute atomic E-state index is 5.59. The molecule has 0 aromatic carbocycles. The quantitative estimate of drug-likeness (QED) is 0.335. The summed E-state index contributed by atoms with van der Waals surface area (Å²) in [5.74, 6) is 0.722. The number of hydrogen-bond donors (Lipinski definition) is 0. The molecule has 0 aliphatic rings. The molecule has 1 aromatic heterocycles. The van der Waals surface area contributed by atoms with Crippen molar-refractivity contribution in [2.24, 2.45) is 4.99 Å². The van der Waals surface area contributed by atoms with Crippen molar-refractivity contribution < 1.29 is 0 Å². The molecule has 0 radical (unpaired) electrons. The third-order valence-electron chi connectivity index (χ3n) is 0.947. The first-order valence-electron chi connectivity index (χ1n) is 3.01. The van der Waals surface area contributed by atoms with Crippen molar-refractivity contribution in [3.05, 3.63) is 16.5 Å². The minimum absolute atomic E-state index is 0.0734. The zero-order chi connectivity index (χ0) is 8.97. The van der Waals surface area contributed by atoms with Gasteiger partial charge in [0.25, 0.3) is 0 Å². The van der Waals surface area contributed by atoms with Gasteiger partial charge < -0.3 is 0 Å². The lowest BCUT2D eigenvalue weighted by molar-refractivity contribution is 1.15. The number of nitrogens with zero attached hydrogens (tertiary/aromatic N) is 3. The van der Waals surface area contributed by atoms with E-state index in [-0.39, 0.29) is 10.4 Å². The van der Waals surface area contributed by atoms with Gasteiger partial charge in [-0.2, -0.15) is 4.98 Å². The summed E-state index contributed by atoms with van der Waals surface area (Å²) in [7, 11) is 0. The van der Waals surface area contributed by atoms with Crippen LogP contribution < -0.4 is 0 Å². The highest BCUT2D eigenvalue weighted by Crippen LogP contribution is 2.16. The number of aliphatic imine (C=N–C) groups is 1. The van der Waals surface area contributed by atoms with Gasteiger partial charge in [-0.05, 0) is 11.6 Å². The summed E-state index contributed by atoms with van der Waals surface area (Å²) in [5.41, 5.74) is 0. The summed E-state index contributed by atoms with van der Waals surface area (Å²) < 4.78 is 0. The Morgan fingerprint density at radius 3 is 2.75 bits per heavy atom. The number of aromatic nitrogens is 2. The molecule has 3 nitrogen and oxygen atoms in total. The van der Waals surface area contributed by atoms with Gasteiger partial charge in [0.2, 0.25) is 5.28 Å². The van der Waals surface area contributed by atoms with Crippen molar-refractivity contribution in [2.45, 2.75) is 0 Å². The molecule has 0 N–H and O–H groups in total. The molecule has 12 heavy (non-hydrogen) atoms. The fourth-order valence-electron chi connectivity index (χ4n) is 0.573. The number of alkyl halides is 1. The van der Waals surface area contributed by atoms with Crippen molar-refractivity contribution in [1.29, 1.82) is 0 Å². The first-order chi connectivity index (χ1) is 5.72. The van der Waals surface area contributed by atoms with Crippen LogP contribution >= 0.6 is 34.8 Å². The summed E-state index contributed by atoms with van der Waals surface area (Å²) in [6.45, 7) is 0. The third-order valence-corrected chi connectivity index (χ3v) is 1.45. The molecule has 0 unspecified atom stereocenters. The Kier molecular flexibility index (Phi) is 3.72. The molecular weight excluding hydrogens is 220 g/mol. The number of hydrogen-bond acceptors (Lipinski definition) is 3. The first-order valence-corrected chi connectivity index (χ1v) is 4.30. The Morgan fingerprint density at radius 1 is 1.42 bits per heavy atom. The zero-order valence-corrected chi connectivity index (χ0v) is 8.11. The van der Waals surface area contributed by atoms with E-state index in [9.17, 15) is 0 Å². The van der Waals surface area contributed by atoms with Gasteiger partial charge in [-0.25, -0.2) is 9.98 Å². The van der Waals surface area contributed by atoms with Crippen LogP contribution in [-0.2, 0) is 0 Å². The maximum atomic E-state index is 5.59. The van der Waals surface area contributed by atoms with E-state index in [1.54, 1.807) is 0 Å².